The Balaban J connectivity index is 2.43. The molecule has 0 bridgehead atoms. The van der Waals surface area contributed by atoms with E-state index in [1.54, 1.807) is 6.20 Å². The van der Waals surface area contributed by atoms with E-state index >= 15 is 0 Å². The van der Waals surface area contributed by atoms with Gasteiger partial charge in [0.25, 0.3) is 0 Å². The van der Waals surface area contributed by atoms with Crippen molar-refractivity contribution in [3.05, 3.63) is 54.1 Å². The number of hydrogen-bond donors (Lipinski definition) is 0. The molecular formula is C12H9ClFN. The molecule has 3 heteroatoms. The van der Waals surface area contributed by atoms with Crippen LogP contribution in [0.15, 0.2) is 42.6 Å². The van der Waals surface area contributed by atoms with Crippen molar-refractivity contribution in [3.63, 3.8) is 0 Å². The molecular weight excluding hydrogens is 213 g/mol. The Kier molecular flexibility index (Phi) is 2.97. The highest BCUT2D eigenvalue weighted by molar-refractivity contribution is 6.16. The van der Waals surface area contributed by atoms with Crippen LogP contribution in [0.25, 0.3) is 11.1 Å². The van der Waals surface area contributed by atoms with Crippen LogP contribution in [0.2, 0.25) is 0 Å². The van der Waals surface area contributed by atoms with Crippen LogP contribution in [0.3, 0.4) is 0 Å². The number of pyridine rings is 1. The molecule has 0 atom stereocenters. The molecule has 2 rings (SSSR count). The Morgan fingerprint density at radius 1 is 1.13 bits per heavy atom. The number of alkyl halides is 1. The quantitative estimate of drug-likeness (QED) is 0.706. The number of halogens is 2. The second kappa shape index (κ2) is 4.41. The monoisotopic (exact) mass is 221 g/mol. The summed E-state index contributed by atoms with van der Waals surface area (Å²) in [6.45, 7) is 0. The minimum Gasteiger partial charge on any atom is -0.256 e. The molecule has 0 spiro atoms. The molecule has 0 N–H and O–H groups in total. The van der Waals surface area contributed by atoms with Crippen LogP contribution < -0.4 is 0 Å². The normalized spacial score (nSPS) is 10.3. The lowest BCUT2D eigenvalue weighted by molar-refractivity contribution is 0.608. The van der Waals surface area contributed by atoms with E-state index in [0.29, 0.717) is 0 Å². The Bertz CT molecular complexity index is 456. The lowest BCUT2D eigenvalue weighted by atomic mass is 10.1. The Hall–Kier alpha value is -1.41. The minimum atomic E-state index is -0.355. The van der Waals surface area contributed by atoms with Gasteiger partial charge < -0.3 is 0 Å². The molecule has 0 aliphatic rings. The molecule has 76 valence electrons. The van der Waals surface area contributed by atoms with Gasteiger partial charge in [0.2, 0.25) is 0 Å². The van der Waals surface area contributed by atoms with Crippen molar-refractivity contribution in [2.45, 2.75) is 5.88 Å². The van der Waals surface area contributed by atoms with Crippen LogP contribution in [-0.2, 0) is 5.88 Å². The third kappa shape index (κ3) is 2.16. The van der Waals surface area contributed by atoms with E-state index in [2.05, 4.69) is 4.98 Å². The molecule has 15 heavy (non-hydrogen) atoms. The maximum absolute atomic E-state index is 13.4. The highest BCUT2D eigenvalue weighted by Gasteiger charge is 2.04. The highest BCUT2D eigenvalue weighted by Crippen LogP contribution is 2.20. The summed E-state index contributed by atoms with van der Waals surface area (Å²) in [6.07, 6.45) is 1.64. The largest absolute Gasteiger partial charge is 0.256 e. The zero-order chi connectivity index (χ0) is 10.7. The van der Waals surface area contributed by atoms with Crippen LogP contribution in [0.4, 0.5) is 4.39 Å². The number of aromatic nitrogens is 1. The van der Waals surface area contributed by atoms with Gasteiger partial charge in [0, 0.05) is 11.8 Å². The standard InChI is InChI=1S/C12H9ClFN/c13-7-12-11(14)6-10(8-15-12)9-4-2-1-3-5-9/h1-6,8H,7H2. The van der Waals surface area contributed by atoms with Gasteiger partial charge in [-0.05, 0) is 11.6 Å². The van der Waals surface area contributed by atoms with Crippen molar-refractivity contribution in [3.8, 4) is 11.1 Å². The van der Waals surface area contributed by atoms with Gasteiger partial charge in [0.05, 0.1) is 11.6 Å². The predicted octanol–water partition coefficient (Wildman–Crippen LogP) is 3.63. The van der Waals surface area contributed by atoms with Crippen molar-refractivity contribution >= 4 is 11.6 Å². The van der Waals surface area contributed by atoms with E-state index in [4.69, 9.17) is 11.6 Å². The van der Waals surface area contributed by atoms with E-state index < -0.39 is 0 Å². The average Bonchev–Trinajstić information content (AvgIpc) is 2.30. The molecule has 1 nitrogen and oxygen atoms in total. The number of benzene rings is 1. The lowest BCUT2D eigenvalue weighted by Gasteiger charge is -2.03. The first kappa shape index (κ1) is 10.1. The van der Waals surface area contributed by atoms with Crippen molar-refractivity contribution in [2.24, 2.45) is 0 Å². The Morgan fingerprint density at radius 3 is 2.47 bits per heavy atom. The van der Waals surface area contributed by atoms with E-state index in [9.17, 15) is 4.39 Å². The molecule has 0 radical (unpaired) electrons. The maximum Gasteiger partial charge on any atom is 0.146 e. The molecule has 0 saturated carbocycles. The topological polar surface area (TPSA) is 12.9 Å². The van der Waals surface area contributed by atoms with Crippen LogP contribution in [0.5, 0.6) is 0 Å². The van der Waals surface area contributed by atoms with Gasteiger partial charge in [-0.1, -0.05) is 30.3 Å². The highest BCUT2D eigenvalue weighted by atomic mass is 35.5. The summed E-state index contributed by atoms with van der Waals surface area (Å²) < 4.78 is 13.4. The summed E-state index contributed by atoms with van der Waals surface area (Å²) in [6, 6.07) is 11.0. The molecule has 2 aromatic rings. The first-order valence-corrected chi connectivity index (χ1v) is 5.10. The third-order valence-corrected chi connectivity index (χ3v) is 2.40. The van der Waals surface area contributed by atoms with Gasteiger partial charge in [-0.15, -0.1) is 11.6 Å². The zero-order valence-corrected chi connectivity index (χ0v) is 8.71. The first-order valence-electron chi connectivity index (χ1n) is 4.57. The molecule has 0 saturated heterocycles. The summed E-state index contributed by atoms with van der Waals surface area (Å²) in [5, 5.41) is 0. The summed E-state index contributed by atoms with van der Waals surface area (Å²) in [5.74, 6) is -0.257. The fourth-order valence-electron chi connectivity index (χ4n) is 1.35. The van der Waals surface area contributed by atoms with Crippen LogP contribution in [0, 0.1) is 5.82 Å². The number of hydrogen-bond acceptors (Lipinski definition) is 1. The minimum absolute atomic E-state index is 0.0981. The first-order chi connectivity index (χ1) is 7.31. The molecule has 0 fully saturated rings. The second-order valence-electron chi connectivity index (χ2n) is 3.15. The Morgan fingerprint density at radius 2 is 1.87 bits per heavy atom. The lowest BCUT2D eigenvalue weighted by Crippen LogP contribution is -1.92. The molecule has 0 aliphatic carbocycles. The average molecular weight is 222 g/mol. The maximum atomic E-state index is 13.4. The molecule has 1 aromatic heterocycles. The van der Waals surface area contributed by atoms with E-state index in [0.717, 1.165) is 11.1 Å². The molecule has 0 amide bonds. The van der Waals surface area contributed by atoms with Gasteiger partial charge in [-0.3, -0.25) is 4.98 Å². The number of rotatable bonds is 2. The zero-order valence-electron chi connectivity index (χ0n) is 7.95. The number of nitrogens with zero attached hydrogens (tertiary/aromatic N) is 1. The van der Waals surface area contributed by atoms with Gasteiger partial charge in [0.15, 0.2) is 0 Å². The van der Waals surface area contributed by atoms with Gasteiger partial charge >= 0.3 is 0 Å². The predicted molar refractivity (Wildman–Crippen MR) is 59.2 cm³/mol. The fraction of sp³-hybridized carbons (Fsp3) is 0.0833. The molecule has 0 unspecified atom stereocenters. The van der Waals surface area contributed by atoms with Crippen molar-refractivity contribution in [1.82, 2.24) is 4.98 Å². The van der Waals surface area contributed by atoms with Crippen molar-refractivity contribution < 1.29 is 4.39 Å². The smallest absolute Gasteiger partial charge is 0.146 e. The molecule has 1 heterocycles. The summed E-state index contributed by atoms with van der Waals surface area (Å²) >= 11 is 5.53. The SMILES string of the molecule is Fc1cc(-c2ccccc2)cnc1CCl. The van der Waals surface area contributed by atoms with Crippen LogP contribution >= 0.6 is 11.6 Å². The van der Waals surface area contributed by atoms with E-state index in [-0.39, 0.29) is 17.4 Å². The van der Waals surface area contributed by atoms with Crippen molar-refractivity contribution in [2.75, 3.05) is 0 Å². The molecule has 0 aliphatic heterocycles. The van der Waals surface area contributed by atoms with Crippen LogP contribution in [-0.4, -0.2) is 4.98 Å². The summed E-state index contributed by atoms with van der Waals surface area (Å²) in [7, 11) is 0. The van der Waals surface area contributed by atoms with Gasteiger partial charge in [0.1, 0.15) is 5.82 Å². The van der Waals surface area contributed by atoms with E-state index in [1.165, 1.54) is 6.07 Å². The van der Waals surface area contributed by atoms with Crippen LogP contribution in [0.1, 0.15) is 5.69 Å². The van der Waals surface area contributed by atoms with Crippen molar-refractivity contribution in [1.29, 1.82) is 0 Å². The van der Waals surface area contributed by atoms with Gasteiger partial charge in [-0.25, -0.2) is 4.39 Å². The molecule has 1 aromatic carbocycles. The third-order valence-electron chi connectivity index (χ3n) is 2.15. The van der Waals surface area contributed by atoms with Gasteiger partial charge in [-0.2, -0.15) is 0 Å². The Labute approximate surface area is 92.5 Å². The fourth-order valence-corrected chi connectivity index (χ4v) is 1.55. The second-order valence-corrected chi connectivity index (χ2v) is 3.42. The summed E-state index contributed by atoms with van der Waals surface area (Å²) in [4.78, 5) is 3.97. The van der Waals surface area contributed by atoms with E-state index in [1.807, 2.05) is 30.3 Å². The summed E-state index contributed by atoms with van der Waals surface area (Å²) in [5.41, 5.74) is 2.00.